The summed E-state index contributed by atoms with van der Waals surface area (Å²) in [7, 11) is -3.47. The van der Waals surface area contributed by atoms with Gasteiger partial charge in [-0.2, -0.15) is 4.31 Å². The zero-order valence-electron chi connectivity index (χ0n) is 29.3. The summed E-state index contributed by atoms with van der Waals surface area (Å²) in [5.74, 6) is 1.45. The van der Waals surface area contributed by atoms with Crippen LogP contribution in [0.3, 0.4) is 0 Å². The molecule has 48 heavy (non-hydrogen) atoms. The van der Waals surface area contributed by atoms with Crippen LogP contribution in [0, 0.1) is 0 Å². The van der Waals surface area contributed by atoms with Gasteiger partial charge in [-0.25, -0.2) is 8.42 Å². The van der Waals surface area contributed by atoms with E-state index in [1.807, 2.05) is 67.6 Å². The van der Waals surface area contributed by atoms with E-state index in [0.717, 1.165) is 22.6 Å². The van der Waals surface area contributed by atoms with Gasteiger partial charge in [0.2, 0.25) is 10.0 Å². The lowest BCUT2D eigenvalue weighted by molar-refractivity contribution is 0.192. The van der Waals surface area contributed by atoms with Gasteiger partial charge >= 0.3 is 0 Å². The van der Waals surface area contributed by atoms with E-state index in [1.54, 1.807) is 24.6 Å². The zero-order valence-corrected chi connectivity index (χ0v) is 31.1. The van der Waals surface area contributed by atoms with E-state index in [4.69, 9.17) is 13.9 Å². The number of benzene rings is 4. The molecule has 0 aliphatic rings. The number of hydrogen-bond donors (Lipinski definition) is 0. The van der Waals surface area contributed by atoms with Crippen LogP contribution >= 0.6 is 0 Å². The van der Waals surface area contributed by atoms with Gasteiger partial charge in [-0.05, 0) is 77.0 Å². The minimum atomic E-state index is -3.82. The third-order valence-corrected chi connectivity index (χ3v) is 16.3. The van der Waals surface area contributed by atoms with E-state index >= 15 is 0 Å². The molecule has 4 rings (SSSR count). The zero-order chi connectivity index (χ0) is 34.8. The van der Waals surface area contributed by atoms with Crippen molar-refractivity contribution in [1.82, 2.24) is 4.31 Å². The number of allylic oxidation sites excluding steroid dienone is 1. The maximum Gasteiger partial charge on any atom is 0.261 e. The molecule has 0 unspecified atom stereocenters. The maximum atomic E-state index is 14.8. The lowest BCUT2D eigenvalue weighted by atomic mass is 10.1. The molecular weight excluding hydrogens is 635 g/mol. The fourth-order valence-electron chi connectivity index (χ4n) is 6.42. The first-order chi connectivity index (χ1) is 22.9. The maximum absolute atomic E-state index is 14.8. The third-order valence-electron chi connectivity index (χ3n) is 8.90. The SMILES string of the molecule is C=CCC[C@H](C[C@H](C)O[Si](c1ccccc1)(c1ccccc1)C(C)(C)C)S(=O)(=O)N(Cc1ccc(OC)cc1)Cc1ccc(OC)cc1. The molecule has 0 aliphatic heterocycles. The highest BCUT2D eigenvalue weighted by atomic mass is 32.2. The molecule has 0 aliphatic carbocycles. The topological polar surface area (TPSA) is 65.1 Å². The monoisotopic (exact) mass is 685 g/mol. The van der Waals surface area contributed by atoms with E-state index in [0.29, 0.717) is 19.3 Å². The van der Waals surface area contributed by atoms with Crippen LogP contribution in [0.15, 0.2) is 122 Å². The minimum absolute atomic E-state index is 0.228. The van der Waals surface area contributed by atoms with E-state index in [2.05, 4.69) is 75.9 Å². The molecule has 0 bridgehead atoms. The van der Waals surface area contributed by atoms with E-state index < -0.39 is 23.6 Å². The summed E-state index contributed by atoms with van der Waals surface area (Å²) in [5.41, 5.74) is 1.76. The standard InChI is InChI=1S/C40H51NO5SSi/c1-8-9-16-37(29-32(2)46-48(40(3,4)5,38-17-12-10-13-18-38)39-19-14-11-15-20-39)47(42,43)41(30-33-21-25-35(44-6)26-22-33)31-34-23-27-36(45-7)28-24-34/h8,10-15,17-28,32,37H,1,9,16,29-31H2,2-7H3/t32-,37+/m0/s1. The van der Waals surface area contributed by atoms with Gasteiger partial charge in [-0.1, -0.05) is 112 Å². The Hall–Kier alpha value is -3.69. The van der Waals surface area contributed by atoms with Crippen LogP contribution in [0.4, 0.5) is 0 Å². The third kappa shape index (κ3) is 8.85. The number of nitrogens with zero attached hydrogens (tertiary/aromatic N) is 1. The van der Waals surface area contributed by atoms with E-state index in [9.17, 15) is 8.42 Å². The summed E-state index contributed by atoms with van der Waals surface area (Å²) in [6, 6.07) is 36.1. The van der Waals surface area contributed by atoms with Crippen molar-refractivity contribution in [3.05, 3.63) is 133 Å². The molecule has 0 fully saturated rings. The lowest BCUT2D eigenvalue weighted by Gasteiger charge is -2.45. The summed E-state index contributed by atoms with van der Waals surface area (Å²) in [4.78, 5) is 0. The fraction of sp³-hybridized carbons (Fsp3) is 0.350. The molecular formula is C40H51NO5SSi. The minimum Gasteiger partial charge on any atom is -0.497 e. The number of rotatable bonds is 17. The Morgan fingerprint density at radius 3 is 1.56 bits per heavy atom. The molecule has 6 nitrogen and oxygen atoms in total. The van der Waals surface area contributed by atoms with Crippen LogP contribution < -0.4 is 19.8 Å². The van der Waals surface area contributed by atoms with Gasteiger partial charge in [-0.15, -0.1) is 6.58 Å². The predicted molar refractivity (Wildman–Crippen MR) is 200 cm³/mol. The van der Waals surface area contributed by atoms with Crippen molar-refractivity contribution in [3.8, 4) is 11.5 Å². The van der Waals surface area contributed by atoms with Crippen molar-refractivity contribution in [2.24, 2.45) is 0 Å². The van der Waals surface area contributed by atoms with Gasteiger partial charge < -0.3 is 13.9 Å². The summed E-state index contributed by atoms with van der Waals surface area (Å²) in [5, 5.41) is 1.43. The summed E-state index contributed by atoms with van der Waals surface area (Å²) in [6.45, 7) is 13.1. The van der Waals surface area contributed by atoms with Crippen molar-refractivity contribution in [1.29, 1.82) is 0 Å². The molecule has 0 spiro atoms. The van der Waals surface area contributed by atoms with Crippen LogP contribution in [0.5, 0.6) is 11.5 Å². The lowest BCUT2D eigenvalue weighted by Crippen LogP contribution is -2.67. The number of sulfonamides is 1. The van der Waals surface area contributed by atoms with Gasteiger partial charge in [0.1, 0.15) is 11.5 Å². The number of hydrogen-bond acceptors (Lipinski definition) is 5. The molecule has 8 heteroatoms. The summed E-state index contributed by atoms with van der Waals surface area (Å²) < 4.78 is 49.3. The van der Waals surface area contributed by atoms with Crippen LogP contribution in [0.1, 0.15) is 58.1 Å². The van der Waals surface area contributed by atoms with Crippen LogP contribution in [0.25, 0.3) is 0 Å². The Kier molecular flexibility index (Phi) is 12.9. The van der Waals surface area contributed by atoms with Crippen molar-refractivity contribution in [2.75, 3.05) is 14.2 Å². The Labute approximate surface area is 289 Å². The molecule has 0 saturated heterocycles. The van der Waals surface area contributed by atoms with Crippen molar-refractivity contribution in [2.45, 2.75) is 76.4 Å². The van der Waals surface area contributed by atoms with Gasteiger partial charge in [0, 0.05) is 19.2 Å². The normalized spacial score (nSPS) is 13.6. The van der Waals surface area contributed by atoms with Crippen LogP contribution in [-0.4, -0.2) is 46.6 Å². The molecule has 0 amide bonds. The molecule has 4 aromatic carbocycles. The molecule has 0 heterocycles. The average Bonchev–Trinajstić information content (AvgIpc) is 3.09. The van der Waals surface area contributed by atoms with Crippen LogP contribution in [-0.2, 0) is 27.5 Å². The highest BCUT2D eigenvalue weighted by Crippen LogP contribution is 2.38. The highest BCUT2D eigenvalue weighted by molar-refractivity contribution is 7.89. The van der Waals surface area contributed by atoms with Crippen molar-refractivity contribution < 1.29 is 22.3 Å². The predicted octanol–water partition coefficient (Wildman–Crippen LogP) is 7.73. The number of ether oxygens (including phenoxy) is 2. The largest absolute Gasteiger partial charge is 0.497 e. The Morgan fingerprint density at radius 2 is 1.19 bits per heavy atom. The highest BCUT2D eigenvalue weighted by Gasteiger charge is 2.51. The molecule has 0 radical (unpaired) electrons. The molecule has 0 aromatic heterocycles. The van der Waals surface area contributed by atoms with Gasteiger partial charge in [0.15, 0.2) is 0 Å². The van der Waals surface area contributed by atoms with Gasteiger partial charge in [0.25, 0.3) is 8.32 Å². The first-order valence-corrected chi connectivity index (χ1v) is 20.0. The van der Waals surface area contributed by atoms with Crippen LogP contribution in [0.2, 0.25) is 5.04 Å². The molecule has 0 saturated carbocycles. The second-order valence-corrected chi connectivity index (χ2v) is 19.8. The Bertz CT molecular complexity index is 1580. The van der Waals surface area contributed by atoms with E-state index in [1.165, 1.54) is 10.4 Å². The Balaban J connectivity index is 1.72. The second kappa shape index (κ2) is 16.6. The molecule has 256 valence electrons. The van der Waals surface area contributed by atoms with Gasteiger partial charge in [0.05, 0.1) is 19.5 Å². The van der Waals surface area contributed by atoms with E-state index in [-0.39, 0.29) is 24.2 Å². The summed E-state index contributed by atoms with van der Waals surface area (Å²) in [6.07, 6.45) is 2.83. The first kappa shape index (κ1) is 37.1. The quantitative estimate of drug-likeness (QED) is 0.0841. The van der Waals surface area contributed by atoms with Gasteiger partial charge in [-0.3, -0.25) is 0 Å². The molecule has 4 aromatic rings. The second-order valence-electron chi connectivity index (χ2n) is 13.3. The van der Waals surface area contributed by atoms with Crippen molar-refractivity contribution >= 4 is 28.7 Å². The number of methoxy groups -OCH3 is 2. The van der Waals surface area contributed by atoms with Crippen molar-refractivity contribution in [3.63, 3.8) is 0 Å². The molecule has 0 N–H and O–H groups in total. The first-order valence-electron chi connectivity index (χ1n) is 16.6. The fourth-order valence-corrected chi connectivity index (χ4v) is 13.2. The molecule has 2 atom stereocenters. The average molecular weight is 686 g/mol. The summed E-state index contributed by atoms with van der Waals surface area (Å²) >= 11 is 0. The smallest absolute Gasteiger partial charge is 0.261 e. The Morgan fingerprint density at radius 1 is 0.750 bits per heavy atom.